The molecule has 0 fully saturated rings. The van der Waals surface area contributed by atoms with Gasteiger partial charge in [0.05, 0.1) is 0 Å². The van der Waals surface area contributed by atoms with Gasteiger partial charge in [-0.1, -0.05) is 13.0 Å². The smallest absolute Gasteiger partial charge is 0.136 e. The average Bonchev–Trinajstić information content (AvgIpc) is 2.06. The summed E-state index contributed by atoms with van der Waals surface area (Å²) in [5.41, 5.74) is 0. The maximum absolute atomic E-state index is 10.9. The van der Waals surface area contributed by atoms with Gasteiger partial charge in [0.2, 0.25) is 0 Å². The van der Waals surface area contributed by atoms with Crippen molar-refractivity contribution in [2.75, 3.05) is 12.5 Å². The molecule has 11 heavy (non-hydrogen) atoms. The molecule has 0 aromatic carbocycles. The van der Waals surface area contributed by atoms with Gasteiger partial charge in [-0.25, -0.2) is 0 Å². The van der Waals surface area contributed by atoms with Gasteiger partial charge in [-0.15, -0.1) is 23.5 Å². The Morgan fingerprint density at radius 1 is 1.36 bits per heavy atom. The summed E-state index contributed by atoms with van der Waals surface area (Å²) in [4.78, 5) is 10.9. The first-order chi connectivity index (χ1) is 5.24. The normalized spacial score (nSPS) is 9.36. The van der Waals surface area contributed by atoms with Crippen LogP contribution in [0.4, 0.5) is 0 Å². The highest BCUT2D eigenvalue weighted by Crippen LogP contribution is 2.23. The van der Waals surface area contributed by atoms with Crippen LogP contribution in [0, 0.1) is 0 Å². The van der Waals surface area contributed by atoms with Gasteiger partial charge in [0.25, 0.3) is 0 Å². The number of allylic oxidation sites excluding steroid dienone is 1. The quantitative estimate of drug-likeness (QED) is 0.663. The van der Waals surface area contributed by atoms with E-state index in [9.17, 15) is 4.79 Å². The number of carbonyl (C=O) groups is 1. The number of carbonyl (C=O) groups excluding carboxylic acids is 1. The van der Waals surface area contributed by atoms with Crippen molar-refractivity contribution in [2.45, 2.75) is 19.8 Å². The Labute approximate surface area is 77.0 Å². The Morgan fingerprint density at radius 2 is 1.91 bits per heavy atom. The average molecular weight is 190 g/mol. The molecule has 0 atom stereocenters. The Kier molecular flexibility index (Phi) is 6.87. The molecular weight excluding hydrogens is 176 g/mol. The summed E-state index contributed by atoms with van der Waals surface area (Å²) in [6, 6.07) is 0. The largest absolute Gasteiger partial charge is 0.299 e. The summed E-state index contributed by atoms with van der Waals surface area (Å²) in [6.07, 6.45) is 7.29. The van der Waals surface area contributed by atoms with Crippen LogP contribution in [0.1, 0.15) is 19.8 Å². The highest BCUT2D eigenvalue weighted by molar-refractivity contribution is 8.21. The van der Waals surface area contributed by atoms with E-state index in [0.717, 1.165) is 0 Å². The van der Waals surface area contributed by atoms with Gasteiger partial charge in [-0.3, -0.25) is 4.79 Å². The molecule has 0 aliphatic heterocycles. The van der Waals surface area contributed by atoms with E-state index in [1.807, 2.05) is 25.5 Å². The number of Topliss-reactive ketones (excluding diaryl/α,β-unsaturated/α-hetero) is 1. The van der Waals surface area contributed by atoms with E-state index in [1.54, 1.807) is 23.5 Å². The van der Waals surface area contributed by atoms with Crippen molar-refractivity contribution in [3.63, 3.8) is 0 Å². The van der Waals surface area contributed by atoms with E-state index in [1.165, 1.54) is 4.24 Å². The Bertz CT molecular complexity index is 146. The fourth-order valence-corrected chi connectivity index (χ4v) is 1.76. The maximum Gasteiger partial charge on any atom is 0.136 e. The number of hydrogen-bond acceptors (Lipinski definition) is 3. The van der Waals surface area contributed by atoms with Crippen LogP contribution in [0.2, 0.25) is 0 Å². The van der Waals surface area contributed by atoms with Crippen molar-refractivity contribution in [3.05, 3.63) is 10.3 Å². The molecule has 0 radical (unpaired) electrons. The number of rotatable bonds is 5. The molecule has 0 unspecified atom stereocenters. The van der Waals surface area contributed by atoms with Crippen LogP contribution in [-0.4, -0.2) is 18.3 Å². The Hall–Kier alpha value is 0.110. The van der Waals surface area contributed by atoms with Crippen LogP contribution in [0.3, 0.4) is 0 Å². The Morgan fingerprint density at radius 3 is 2.27 bits per heavy atom. The molecule has 0 bridgehead atoms. The van der Waals surface area contributed by atoms with Crippen molar-refractivity contribution in [1.82, 2.24) is 0 Å². The van der Waals surface area contributed by atoms with Crippen molar-refractivity contribution in [3.8, 4) is 0 Å². The topological polar surface area (TPSA) is 17.1 Å². The van der Waals surface area contributed by atoms with Gasteiger partial charge in [-0.2, -0.15) is 0 Å². The molecule has 0 aliphatic rings. The third kappa shape index (κ3) is 5.39. The lowest BCUT2D eigenvalue weighted by Gasteiger charge is -1.97. The number of hydrogen-bond donors (Lipinski definition) is 0. The van der Waals surface area contributed by atoms with Crippen LogP contribution in [0.5, 0.6) is 0 Å². The lowest BCUT2D eigenvalue weighted by Crippen LogP contribution is -1.91. The fraction of sp³-hybridized carbons (Fsp3) is 0.625. The lowest BCUT2D eigenvalue weighted by molar-refractivity contribution is -0.117. The molecule has 64 valence electrons. The minimum atomic E-state index is 0.311. The molecule has 0 saturated carbocycles. The number of ketones is 1. The molecule has 0 heterocycles. The predicted octanol–water partition coefficient (Wildman–Crippen LogP) is 2.92. The zero-order valence-corrected chi connectivity index (χ0v) is 8.85. The molecule has 0 amide bonds. The van der Waals surface area contributed by atoms with Gasteiger partial charge in [0.1, 0.15) is 5.78 Å². The van der Waals surface area contributed by atoms with Crippen LogP contribution in [-0.2, 0) is 4.79 Å². The molecule has 0 aromatic heterocycles. The van der Waals surface area contributed by atoms with E-state index in [2.05, 4.69) is 0 Å². The highest BCUT2D eigenvalue weighted by Gasteiger charge is 1.96. The van der Waals surface area contributed by atoms with Crippen molar-refractivity contribution < 1.29 is 4.79 Å². The second kappa shape index (κ2) is 6.80. The van der Waals surface area contributed by atoms with Gasteiger partial charge in [0, 0.05) is 17.1 Å². The molecule has 0 aliphatic carbocycles. The maximum atomic E-state index is 10.9. The molecule has 1 nitrogen and oxygen atoms in total. The third-order valence-corrected chi connectivity index (χ3v) is 3.43. The first-order valence-electron chi connectivity index (χ1n) is 3.54. The number of thioether (sulfide) groups is 2. The summed E-state index contributed by atoms with van der Waals surface area (Å²) in [5, 5.41) is 0. The van der Waals surface area contributed by atoms with E-state index in [4.69, 9.17) is 0 Å². The Balaban J connectivity index is 3.78. The lowest BCUT2D eigenvalue weighted by atomic mass is 10.2. The van der Waals surface area contributed by atoms with E-state index >= 15 is 0 Å². The second-order valence-corrected chi connectivity index (χ2v) is 3.98. The third-order valence-electron chi connectivity index (χ3n) is 1.29. The molecule has 0 spiro atoms. The summed E-state index contributed by atoms with van der Waals surface area (Å²) >= 11 is 3.39. The van der Waals surface area contributed by atoms with Crippen molar-refractivity contribution in [2.24, 2.45) is 0 Å². The van der Waals surface area contributed by atoms with Gasteiger partial charge < -0.3 is 0 Å². The monoisotopic (exact) mass is 190 g/mol. The minimum absolute atomic E-state index is 0.311. The van der Waals surface area contributed by atoms with Gasteiger partial charge in [-0.05, 0) is 12.5 Å². The van der Waals surface area contributed by atoms with Crippen molar-refractivity contribution >= 4 is 29.3 Å². The summed E-state index contributed by atoms with van der Waals surface area (Å²) < 4.78 is 1.23. The van der Waals surface area contributed by atoms with Crippen LogP contribution < -0.4 is 0 Å². The molecule has 0 saturated heterocycles. The predicted molar refractivity (Wildman–Crippen MR) is 55.0 cm³/mol. The van der Waals surface area contributed by atoms with E-state index < -0.39 is 0 Å². The standard InChI is InChI=1S/C8H14OS2/c1-4-7(9)5-6-8(10-2)11-3/h6H,4-5H2,1-3H3. The molecule has 0 N–H and O–H groups in total. The van der Waals surface area contributed by atoms with Gasteiger partial charge >= 0.3 is 0 Å². The molecular formula is C8H14OS2. The fourth-order valence-electron chi connectivity index (χ4n) is 0.592. The SMILES string of the molecule is CCC(=O)CC=C(SC)SC. The summed E-state index contributed by atoms with van der Waals surface area (Å²) in [5.74, 6) is 0.311. The van der Waals surface area contributed by atoms with E-state index in [0.29, 0.717) is 18.6 Å². The summed E-state index contributed by atoms with van der Waals surface area (Å²) in [6.45, 7) is 1.90. The van der Waals surface area contributed by atoms with Crippen LogP contribution in [0.25, 0.3) is 0 Å². The van der Waals surface area contributed by atoms with Gasteiger partial charge in [0.15, 0.2) is 0 Å². The molecule has 0 aromatic rings. The van der Waals surface area contributed by atoms with Crippen LogP contribution >= 0.6 is 23.5 Å². The molecule has 0 rings (SSSR count). The zero-order chi connectivity index (χ0) is 8.69. The van der Waals surface area contributed by atoms with Crippen molar-refractivity contribution in [1.29, 1.82) is 0 Å². The van der Waals surface area contributed by atoms with Crippen LogP contribution in [0.15, 0.2) is 10.3 Å². The minimum Gasteiger partial charge on any atom is -0.299 e. The van der Waals surface area contributed by atoms with E-state index in [-0.39, 0.29) is 0 Å². The second-order valence-electron chi connectivity index (χ2n) is 2.03. The highest BCUT2D eigenvalue weighted by atomic mass is 32.2. The summed E-state index contributed by atoms with van der Waals surface area (Å²) in [7, 11) is 0. The molecule has 3 heteroatoms. The first kappa shape index (κ1) is 11.1. The zero-order valence-electron chi connectivity index (χ0n) is 7.22. The first-order valence-corrected chi connectivity index (χ1v) is 5.99.